The molecule has 0 aromatic carbocycles. The van der Waals surface area contributed by atoms with Crippen molar-refractivity contribution >= 4 is 23.2 Å². The Balaban J connectivity index is 0.00000106. The van der Waals surface area contributed by atoms with Crippen LogP contribution in [0.5, 0.6) is 0 Å². The number of nitrogens with zero attached hydrogens (tertiary/aromatic N) is 3. The second-order valence-corrected chi connectivity index (χ2v) is 5.67. The normalized spacial score (nSPS) is 20.5. The van der Waals surface area contributed by atoms with Gasteiger partial charge in [-0.1, -0.05) is 25.4 Å². The van der Waals surface area contributed by atoms with Crippen LogP contribution in [0, 0.1) is 0 Å². The highest BCUT2D eigenvalue weighted by Crippen LogP contribution is 2.26. The summed E-state index contributed by atoms with van der Waals surface area (Å²) in [7, 11) is 3.79. The van der Waals surface area contributed by atoms with Crippen molar-refractivity contribution in [2.24, 2.45) is 10.7 Å². The molecule has 1 heterocycles. The average molecular weight is 315 g/mol. The number of carbonyl (C=O) groups excluding carboxylic acids is 1. The lowest BCUT2D eigenvalue weighted by molar-refractivity contribution is -0.126. The van der Waals surface area contributed by atoms with Crippen molar-refractivity contribution in [1.29, 1.82) is 0 Å². The van der Waals surface area contributed by atoms with Crippen molar-refractivity contribution in [2.75, 3.05) is 33.7 Å². The first-order chi connectivity index (χ1) is 10.0. The predicted molar refractivity (Wildman–Crippen MR) is 88.6 cm³/mol. The van der Waals surface area contributed by atoms with Crippen molar-refractivity contribution in [3.8, 4) is 0 Å². The van der Waals surface area contributed by atoms with E-state index in [1.54, 1.807) is 11.9 Å². The highest BCUT2D eigenvalue weighted by Gasteiger charge is 2.31. The van der Waals surface area contributed by atoms with Gasteiger partial charge in [0.25, 0.3) is 5.91 Å². The van der Waals surface area contributed by atoms with Crippen LogP contribution in [-0.2, 0) is 4.79 Å². The molecule has 0 saturated heterocycles. The zero-order valence-corrected chi connectivity index (χ0v) is 14.3. The van der Waals surface area contributed by atoms with E-state index < -0.39 is 0 Å². The summed E-state index contributed by atoms with van der Waals surface area (Å²) in [4.78, 5) is 20.4. The average Bonchev–Trinajstić information content (AvgIpc) is 3.33. The number of carbonyl (C=O) groups is 1. The van der Waals surface area contributed by atoms with Crippen LogP contribution >= 0.6 is 11.6 Å². The number of amides is 1. The Kier molecular flexibility index (Phi) is 7.18. The first-order valence-electron chi connectivity index (χ1n) is 7.65. The molecule has 6 heteroatoms. The molecule has 0 aromatic rings. The maximum atomic E-state index is 12.2. The van der Waals surface area contributed by atoms with Crippen molar-refractivity contribution in [1.82, 2.24) is 9.80 Å². The van der Waals surface area contributed by atoms with Gasteiger partial charge >= 0.3 is 0 Å². The SMILES string of the molecule is CC.CN1CCCN=C(/C(Cl)=C(\N)C(=O)N(C)C2CC2)C1. The van der Waals surface area contributed by atoms with Crippen LogP contribution < -0.4 is 5.73 Å². The third-order valence-corrected chi connectivity index (χ3v) is 3.98. The number of halogens is 1. The largest absolute Gasteiger partial charge is 0.393 e. The van der Waals surface area contributed by atoms with Gasteiger partial charge in [-0.05, 0) is 26.3 Å². The third kappa shape index (κ3) is 5.00. The van der Waals surface area contributed by atoms with Gasteiger partial charge < -0.3 is 15.5 Å². The smallest absolute Gasteiger partial charge is 0.271 e. The second kappa shape index (κ2) is 8.39. The van der Waals surface area contributed by atoms with Crippen molar-refractivity contribution in [3.05, 3.63) is 10.7 Å². The van der Waals surface area contributed by atoms with Gasteiger partial charge in [0.15, 0.2) is 0 Å². The van der Waals surface area contributed by atoms with Crippen LogP contribution in [0.25, 0.3) is 0 Å². The summed E-state index contributed by atoms with van der Waals surface area (Å²) in [5.41, 5.74) is 6.75. The van der Waals surface area contributed by atoms with Crippen LogP contribution in [0.1, 0.15) is 33.1 Å². The molecule has 21 heavy (non-hydrogen) atoms. The highest BCUT2D eigenvalue weighted by molar-refractivity contribution is 6.45. The monoisotopic (exact) mass is 314 g/mol. The van der Waals surface area contributed by atoms with Crippen molar-refractivity contribution in [3.63, 3.8) is 0 Å². The summed E-state index contributed by atoms with van der Waals surface area (Å²) < 4.78 is 0. The molecule has 1 fully saturated rings. The number of hydrogen-bond acceptors (Lipinski definition) is 4. The van der Waals surface area contributed by atoms with Gasteiger partial charge in [-0.3, -0.25) is 9.79 Å². The van der Waals surface area contributed by atoms with Crippen LogP contribution in [0.4, 0.5) is 0 Å². The minimum absolute atomic E-state index is 0.116. The molecule has 1 aliphatic heterocycles. The van der Waals surface area contributed by atoms with E-state index in [1.807, 2.05) is 20.9 Å². The van der Waals surface area contributed by atoms with Gasteiger partial charge in [0.05, 0.1) is 10.7 Å². The fourth-order valence-corrected chi connectivity index (χ4v) is 2.35. The highest BCUT2D eigenvalue weighted by atomic mass is 35.5. The molecule has 1 saturated carbocycles. The quantitative estimate of drug-likeness (QED) is 0.808. The first-order valence-corrected chi connectivity index (χ1v) is 8.03. The first kappa shape index (κ1) is 18.0. The van der Waals surface area contributed by atoms with Crippen molar-refractivity contribution < 1.29 is 4.79 Å². The lowest BCUT2D eigenvalue weighted by Gasteiger charge is -2.18. The van der Waals surface area contributed by atoms with Crippen LogP contribution in [0.15, 0.2) is 15.7 Å². The van der Waals surface area contributed by atoms with E-state index in [0.29, 0.717) is 17.6 Å². The van der Waals surface area contributed by atoms with E-state index in [-0.39, 0.29) is 11.6 Å². The number of rotatable bonds is 3. The van der Waals surface area contributed by atoms with Gasteiger partial charge in [-0.15, -0.1) is 0 Å². The van der Waals surface area contributed by atoms with E-state index in [2.05, 4.69) is 9.89 Å². The number of likely N-dealkylation sites (N-methyl/N-ethyl adjacent to an activating group) is 1. The fraction of sp³-hybridized carbons (Fsp3) is 0.733. The Morgan fingerprint density at radius 3 is 2.62 bits per heavy atom. The molecule has 2 rings (SSSR count). The van der Waals surface area contributed by atoms with Gasteiger partial charge in [0, 0.05) is 32.7 Å². The summed E-state index contributed by atoms with van der Waals surface area (Å²) in [6.45, 7) is 6.35. The third-order valence-electron chi connectivity index (χ3n) is 3.56. The zero-order valence-electron chi connectivity index (χ0n) is 13.5. The molecule has 0 spiro atoms. The summed E-state index contributed by atoms with van der Waals surface area (Å²) in [6.07, 6.45) is 3.10. The molecule has 2 aliphatic rings. The van der Waals surface area contributed by atoms with E-state index in [0.717, 1.165) is 38.1 Å². The van der Waals surface area contributed by atoms with E-state index >= 15 is 0 Å². The van der Waals surface area contributed by atoms with Gasteiger partial charge in [0.1, 0.15) is 5.70 Å². The van der Waals surface area contributed by atoms with Crippen LogP contribution in [0.3, 0.4) is 0 Å². The summed E-state index contributed by atoms with van der Waals surface area (Å²) in [5.74, 6) is -0.192. The van der Waals surface area contributed by atoms with Crippen LogP contribution in [0.2, 0.25) is 0 Å². The second-order valence-electron chi connectivity index (χ2n) is 5.29. The molecule has 5 nitrogen and oxygen atoms in total. The standard InChI is InChI=1S/C13H21ClN4O.C2H6/c1-17-7-3-6-16-10(8-17)11(14)12(15)13(19)18(2)9-4-5-9;1-2/h9H,3-8,15H2,1-2H3;1-2H3/b12-11+;. The molecule has 0 radical (unpaired) electrons. The van der Waals surface area contributed by atoms with Crippen LogP contribution in [-0.4, -0.2) is 61.2 Å². The Morgan fingerprint density at radius 2 is 2.05 bits per heavy atom. The van der Waals surface area contributed by atoms with E-state index in [1.165, 1.54) is 0 Å². The number of nitrogens with two attached hydrogens (primary N) is 1. The van der Waals surface area contributed by atoms with Gasteiger partial charge in [-0.2, -0.15) is 0 Å². The molecule has 1 amide bonds. The Morgan fingerprint density at radius 1 is 1.43 bits per heavy atom. The predicted octanol–water partition coefficient (Wildman–Crippen LogP) is 1.82. The lowest BCUT2D eigenvalue weighted by Crippen LogP contribution is -2.35. The molecule has 1 aliphatic carbocycles. The molecule has 120 valence electrons. The topological polar surface area (TPSA) is 61.9 Å². The molecule has 0 atom stereocenters. The summed E-state index contributed by atoms with van der Waals surface area (Å²) in [5, 5.41) is 0.311. The Labute approximate surface area is 132 Å². The Hall–Kier alpha value is -1.07. The molecular formula is C15H27ClN4O. The Bertz CT molecular complexity index is 429. The molecule has 2 N–H and O–H groups in total. The van der Waals surface area contributed by atoms with Crippen molar-refractivity contribution in [2.45, 2.75) is 39.2 Å². The lowest BCUT2D eigenvalue weighted by atomic mass is 10.2. The van der Waals surface area contributed by atoms with E-state index in [4.69, 9.17) is 17.3 Å². The maximum absolute atomic E-state index is 12.2. The fourth-order valence-electron chi connectivity index (χ4n) is 2.15. The van der Waals surface area contributed by atoms with Gasteiger partial charge in [-0.25, -0.2) is 0 Å². The summed E-state index contributed by atoms with van der Waals surface area (Å²) in [6, 6.07) is 0.328. The number of aliphatic imine (C=N–C) groups is 1. The maximum Gasteiger partial charge on any atom is 0.271 e. The minimum Gasteiger partial charge on any atom is -0.393 e. The van der Waals surface area contributed by atoms with Gasteiger partial charge in [0.2, 0.25) is 0 Å². The zero-order chi connectivity index (χ0) is 16.0. The molecule has 0 aromatic heterocycles. The minimum atomic E-state index is -0.192. The molecular weight excluding hydrogens is 288 g/mol. The molecule has 0 unspecified atom stereocenters. The van der Waals surface area contributed by atoms with E-state index in [9.17, 15) is 4.79 Å². The summed E-state index contributed by atoms with van der Waals surface area (Å²) >= 11 is 6.26. The number of hydrogen-bond donors (Lipinski definition) is 1. The molecule has 0 bridgehead atoms.